The minimum atomic E-state index is 0.0944. The number of para-hydroxylation sites is 1. The quantitative estimate of drug-likeness (QED) is 0.729. The van der Waals surface area contributed by atoms with Crippen LogP contribution >= 0.6 is 15.9 Å². The van der Waals surface area contributed by atoms with E-state index in [1.165, 1.54) is 6.20 Å². The summed E-state index contributed by atoms with van der Waals surface area (Å²) in [6, 6.07) is 12.9. The fourth-order valence-electron chi connectivity index (χ4n) is 1.72. The molecule has 0 aliphatic heterocycles. The summed E-state index contributed by atoms with van der Waals surface area (Å²) < 4.78 is 6.21. The lowest BCUT2D eigenvalue weighted by atomic mass is 10.2. The lowest BCUT2D eigenvalue weighted by Crippen LogP contribution is -1.90. The van der Waals surface area contributed by atoms with Gasteiger partial charge in [-0.25, -0.2) is 9.97 Å². The molecule has 1 aromatic carbocycles. The van der Waals surface area contributed by atoms with Gasteiger partial charge < -0.3 is 9.84 Å². The number of ether oxygens (including phenoxy) is 1. The Bertz CT molecular complexity index is 732. The molecule has 1 N–H and O–H groups in total. The van der Waals surface area contributed by atoms with Gasteiger partial charge in [-0.3, -0.25) is 0 Å². The van der Waals surface area contributed by atoms with Crippen LogP contribution < -0.4 is 4.74 Å². The Labute approximate surface area is 117 Å². The van der Waals surface area contributed by atoms with Crippen LogP contribution in [0.25, 0.3) is 10.9 Å². The van der Waals surface area contributed by atoms with E-state index in [4.69, 9.17) is 4.74 Å². The van der Waals surface area contributed by atoms with Crippen LogP contribution in [0.15, 0.2) is 53.3 Å². The Morgan fingerprint density at radius 2 is 1.84 bits per heavy atom. The van der Waals surface area contributed by atoms with Crippen LogP contribution in [-0.2, 0) is 0 Å². The molecule has 0 bridgehead atoms. The van der Waals surface area contributed by atoms with E-state index in [1.807, 2.05) is 30.3 Å². The summed E-state index contributed by atoms with van der Waals surface area (Å²) in [5.41, 5.74) is 0.563. The zero-order chi connectivity index (χ0) is 13.2. The topological polar surface area (TPSA) is 55.2 Å². The molecule has 4 nitrogen and oxygen atoms in total. The molecule has 0 amide bonds. The Morgan fingerprint density at radius 3 is 2.63 bits per heavy atom. The summed E-state index contributed by atoms with van der Waals surface area (Å²) in [7, 11) is 0. The number of hydrogen-bond acceptors (Lipinski definition) is 4. The molecule has 0 saturated carbocycles. The van der Waals surface area contributed by atoms with Crippen molar-refractivity contribution in [2.75, 3.05) is 0 Å². The monoisotopic (exact) mass is 316 g/mol. The second kappa shape index (κ2) is 4.85. The average molecular weight is 317 g/mol. The van der Waals surface area contributed by atoms with Gasteiger partial charge in [-0.05, 0) is 34.1 Å². The highest BCUT2D eigenvalue weighted by atomic mass is 79.9. The third kappa shape index (κ3) is 2.37. The van der Waals surface area contributed by atoms with Gasteiger partial charge in [0.05, 0.1) is 6.20 Å². The van der Waals surface area contributed by atoms with Crippen molar-refractivity contribution in [3.63, 3.8) is 0 Å². The molecular formula is C14H9BrN2O2. The molecule has 0 unspecified atom stereocenters. The standard InChI is InChI=1S/C14H9BrN2O2/c15-14-13-10(11(18)8-16-14)6-7-12(17-13)19-9-4-2-1-3-5-9/h1-8,18H. The Morgan fingerprint density at radius 1 is 1.05 bits per heavy atom. The summed E-state index contributed by atoms with van der Waals surface area (Å²) in [6.45, 7) is 0. The second-order valence-electron chi connectivity index (χ2n) is 3.90. The van der Waals surface area contributed by atoms with E-state index in [9.17, 15) is 5.11 Å². The molecule has 0 aliphatic carbocycles. The minimum Gasteiger partial charge on any atom is -0.506 e. The van der Waals surface area contributed by atoms with E-state index in [0.717, 1.165) is 0 Å². The van der Waals surface area contributed by atoms with Gasteiger partial charge >= 0.3 is 0 Å². The zero-order valence-corrected chi connectivity index (χ0v) is 11.3. The van der Waals surface area contributed by atoms with Gasteiger partial charge in [-0.1, -0.05) is 18.2 Å². The van der Waals surface area contributed by atoms with Crippen LogP contribution in [0.1, 0.15) is 0 Å². The first-order valence-electron chi connectivity index (χ1n) is 5.61. The highest BCUT2D eigenvalue weighted by molar-refractivity contribution is 9.10. The van der Waals surface area contributed by atoms with Crippen LogP contribution in [-0.4, -0.2) is 15.1 Å². The van der Waals surface area contributed by atoms with Gasteiger partial charge in [0.25, 0.3) is 0 Å². The normalized spacial score (nSPS) is 10.6. The van der Waals surface area contributed by atoms with Crippen LogP contribution in [0.4, 0.5) is 0 Å². The van der Waals surface area contributed by atoms with E-state index in [-0.39, 0.29) is 5.75 Å². The van der Waals surface area contributed by atoms with Gasteiger partial charge in [0.2, 0.25) is 5.88 Å². The van der Waals surface area contributed by atoms with Crippen LogP contribution in [0, 0.1) is 0 Å². The smallest absolute Gasteiger partial charge is 0.219 e. The van der Waals surface area contributed by atoms with Crippen molar-refractivity contribution >= 4 is 26.8 Å². The van der Waals surface area contributed by atoms with E-state index in [0.29, 0.717) is 27.1 Å². The molecule has 94 valence electrons. The maximum atomic E-state index is 9.71. The number of aromatic nitrogens is 2. The van der Waals surface area contributed by atoms with Crippen molar-refractivity contribution in [1.29, 1.82) is 0 Å². The first kappa shape index (κ1) is 11.9. The summed E-state index contributed by atoms with van der Waals surface area (Å²) in [6.07, 6.45) is 1.38. The van der Waals surface area contributed by atoms with Gasteiger partial charge in [0, 0.05) is 11.5 Å². The molecule has 0 fully saturated rings. The largest absolute Gasteiger partial charge is 0.506 e. The van der Waals surface area contributed by atoms with Gasteiger partial charge in [0.1, 0.15) is 21.6 Å². The predicted octanol–water partition coefficient (Wildman–Crippen LogP) is 3.89. The molecule has 0 aliphatic rings. The van der Waals surface area contributed by atoms with E-state index in [1.54, 1.807) is 12.1 Å². The average Bonchev–Trinajstić information content (AvgIpc) is 2.44. The molecule has 19 heavy (non-hydrogen) atoms. The van der Waals surface area contributed by atoms with Crippen LogP contribution in [0.5, 0.6) is 17.4 Å². The van der Waals surface area contributed by atoms with Crippen molar-refractivity contribution < 1.29 is 9.84 Å². The SMILES string of the molecule is Oc1cnc(Br)c2nc(Oc3ccccc3)ccc12. The third-order valence-corrected chi connectivity index (χ3v) is 3.19. The fraction of sp³-hybridized carbons (Fsp3) is 0. The second-order valence-corrected chi connectivity index (χ2v) is 4.65. The van der Waals surface area contributed by atoms with Gasteiger partial charge in [-0.15, -0.1) is 0 Å². The molecular weight excluding hydrogens is 308 g/mol. The highest BCUT2D eigenvalue weighted by Crippen LogP contribution is 2.30. The molecule has 3 aromatic rings. The molecule has 2 heterocycles. The number of benzene rings is 1. The number of nitrogens with zero attached hydrogens (tertiary/aromatic N) is 2. The number of pyridine rings is 2. The molecule has 0 spiro atoms. The predicted molar refractivity (Wildman–Crippen MR) is 75.4 cm³/mol. The molecule has 0 saturated heterocycles. The van der Waals surface area contributed by atoms with Crippen molar-refractivity contribution in [3.05, 3.63) is 53.3 Å². The van der Waals surface area contributed by atoms with E-state index in [2.05, 4.69) is 25.9 Å². The number of rotatable bonds is 2. The number of aromatic hydroxyl groups is 1. The Balaban J connectivity index is 2.05. The lowest BCUT2D eigenvalue weighted by Gasteiger charge is -2.07. The highest BCUT2D eigenvalue weighted by Gasteiger charge is 2.08. The summed E-state index contributed by atoms with van der Waals surface area (Å²) in [5, 5.41) is 10.3. The van der Waals surface area contributed by atoms with Crippen molar-refractivity contribution in [3.8, 4) is 17.4 Å². The van der Waals surface area contributed by atoms with Crippen molar-refractivity contribution in [2.45, 2.75) is 0 Å². The third-order valence-electron chi connectivity index (χ3n) is 2.61. The molecule has 5 heteroatoms. The molecule has 3 rings (SSSR count). The Hall–Kier alpha value is -2.14. The van der Waals surface area contributed by atoms with E-state index >= 15 is 0 Å². The van der Waals surface area contributed by atoms with Gasteiger partial charge in [0.15, 0.2) is 0 Å². The summed E-state index contributed by atoms with van der Waals surface area (Å²) >= 11 is 3.31. The van der Waals surface area contributed by atoms with Crippen LogP contribution in [0.3, 0.4) is 0 Å². The van der Waals surface area contributed by atoms with Crippen LogP contribution in [0.2, 0.25) is 0 Å². The first-order chi connectivity index (χ1) is 9.24. The number of hydrogen-bond donors (Lipinski definition) is 1. The zero-order valence-electron chi connectivity index (χ0n) is 9.75. The number of halogens is 1. The fourth-order valence-corrected chi connectivity index (χ4v) is 2.12. The maximum absolute atomic E-state index is 9.71. The number of fused-ring (bicyclic) bond motifs is 1. The Kier molecular flexibility index (Phi) is 3.05. The molecule has 0 atom stereocenters. The maximum Gasteiger partial charge on any atom is 0.219 e. The van der Waals surface area contributed by atoms with Gasteiger partial charge in [-0.2, -0.15) is 0 Å². The molecule has 0 radical (unpaired) electrons. The minimum absolute atomic E-state index is 0.0944. The molecule has 2 aromatic heterocycles. The van der Waals surface area contributed by atoms with Crippen molar-refractivity contribution in [1.82, 2.24) is 9.97 Å². The van der Waals surface area contributed by atoms with Crippen molar-refractivity contribution in [2.24, 2.45) is 0 Å². The summed E-state index contributed by atoms with van der Waals surface area (Å²) in [5.74, 6) is 1.25. The first-order valence-corrected chi connectivity index (χ1v) is 6.40. The van der Waals surface area contributed by atoms with E-state index < -0.39 is 0 Å². The lowest BCUT2D eigenvalue weighted by molar-refractivity contribution is 0.464. The summed E-state index contributed by atoms with van der Waals surface area (Å²) in [4.78, 5) is 8.34.